The molecule has 0 heterocycles. The fraction of sp³-hybridized carbons (Fsp3) is 0.333. The van der Waals surface area contributed by atoms with Crippen LogP contribution in [-0.4, -0.2) is 13.5 Å². The maximum Gasteiger partial charge on any atom is 0.573 e. The predicted molar refractivity (Wildman–Crippen MR) is 52.3 cm³/mol. The van der Waals surface area contributed by atoms with Crippen molar-refractivity contribution in [3.05, 3.63) is 23.8 Å². The summed E-state index contributed by atoms with van der Waals surface area (Å²) >= 11 is 3.19. The average molecular weight is 285 g/mol. The number of rotatable bonds is 3. The van der Waals surface area contributed by atoms with Gasteiger partial charge in [0.05, 0.1) is 7.11 Å². The summed E-state index contributed by atoms with van der Waals surface area (Å²) in [6.45, 7) is 0. The highest BCUT2D eigenvalue weighted by Gasteiger charge is 2.32. The monoisotopic (exact) mass is 284 g/mol. The van der Waals surface area contributed by atoms with Gasteiger partial charge in [0.1, 0.15) is 0 Å². The Hall–Kier alpha value is -0.910. The third-order valence-electron chi connectivity index (χ3n) is 1.61. The van der Waals surface area contributed by atoms with Crippen molar-refractivity contribution in [1.29, 1.82) is 0 Å². The molecular weight excluding hydrogens is 277 g/mol. The zero-order chi connectivity index (χ0) is 11.5. The van der Waals surface area contributed by atoms with E-state index in [1.54, 1.807) is 0 Å². The Morgan fingerprint density at radius 1 is 1.27 bits per heavy atom. The zero-order valence-electron chi connectivity index (χ0n) is 7.77. The van der Waals surface area contributed by atoms with Gasteiger partial charge in [0.15, 0.2) is 11.5 Å². The van der Waals surface area contributed by atoms with E-state index in [4.69, 9.17) is 4.74 Å². The van der Waals surface area contributed by atoms with E-state index in [1.165, 1.54) is 25.3 Å². The first-order valence-corrected chi connectivity index (χ1v) is 5.07. The van der Waals surface area contributed by atoms with Crippen LogP contribution in [0.2, 0.25) is 0 Å². The van der Waals surface area contributed by atoms with Crippen molar-refractivity contribution in [3.8, 4) is 11.5 Å². The second-order valence-corrected chi connectivity index (χ2v) is 3.23. The number of hydrogen-bond acceptors (Lipinski definition) is 2. The Morgan fingerprint density at radius 2 is 1.93 bits per heavy atom. The molecule has 1 aromatic rings. The van der Waals surface area contributed by atoms with E-state index in [9.17, 15) is 13.2 Å². The quantitative estimate of drug-likeness (QED) is 0.791. The van der Waals surface area contributed by atoms with Crippen LogP contribution < -0.4 is 9.47 Å². The number of ether oxygens (including phenoxy) is 2. The first kappa shape index (κ1) is 12.2. The molecule has 0 aliphatic carbocycles. The number of halogens is 4. The molecule has 0 fully saturated rings. The minimum Gasteiger partial charge on any atom is -0.493 e. The molecule has 0 aliphatic rings. The summed E-state index contributed by atoms with van der Waals surface area (Å²) < 4.78 is 44.4. The zero-order valence-corrected chi connectivity index (χ0v) is 9.35. The fourth-order valence-corrected chi connectivity index (χ4v) is 1.35. The number of hydrogen-bond donors (Lipinski definition) is 0. The smallest absolute Gasteiger partial charge is 0.493 e. The lowest BCUT2D eigenvalue weighted by Crippen LogP contribution is -2.17. The van der Waals surface area contributed by atoms with E-state index in [0.29, 0.717) is 5.33 Å². The molecule has 1 aromatic carbocycles. The summed E-state index contributed by atoms with van der Waals surface area (Å²) in [4.78, 5) is 0. The second-order valence-electron chi connectivity index (χ2n) is 2.67. The van der Waals surface area contributed by atoms with Crippen LogP contribution in [0.4, 0.5) is 13.2 Å². The van der Waals surface area contributed by atoms with Crippen molar-refractivity contribution in [2.24, 2.45) is 0 Å². The number of alkyl halides is 4. The summed E-state index contributed by atoms with van der Waals surface area (Å²) in [5.41, 5.74) is 0.807. The highest BCUT2D eigenvalue weighted by molar-refractivity contribution is 9.08. The van der Waals surface area contributed by atoms with Gasteiger partial charge in [-0.25, -0.2) is 0 Å². The topological polar surface area (TPSA) is 18.5 Å². The molecule has 0 atom stereocenters. The molecule has 84 valence electrons. The molecule has 0 bridgehead atoms. The van der Waals surface area contributed by atoms with E-state index in [2.05, 4.69) is 20.7 Å². The minimum absolute atomic E-state index is 0.0595. The summed E-state index contributed by atoms with van der Waals surface area (Å²) in [7, 11) is 1.29. The van der Waals surface area contributed by atoms with Crippen LogP contribution in [0.15, 0.2) is 18.2 Å². The van der Waals surface area contributed by atoms with Gasteiger partial charge in [-0.2, -0.15) is 0 Å². The predicted octanol–water partition coefficient (Wildman–Crippen LogP) is 3.49. The van der Waals surface area contributed by atoms with Gasteiger partial charge in [0.25, 0.3) is 0 Å². The second kappa shape index (κ2) is 4.74. The maximum atomic E-state index is 12.0. The molecule has 0 amide bonds. The van der Waals surface area contributed by atoms with E-state index in [-0.39, 0.29) is 11.5 Å². The molecule has 0 saturated heterocycles. The molecule has 0 radical (unpaired) electrons. The number of benzene rings is 1. The van der Waals surface area contributed by atoms with Gasteiger partial charge in [0, 0.05) is 5.33 Å². The summed E-state index contributed by atoms with van der Waals surface area (Å²) in [5, 5.41) is 0.537. The van der Waals surface area contributed by atoms with Crippen LogP contribution in [0.1, 0.15) is 5.56 Å². The third-order valence-corrected chi connectivity index (χ3v) is 2.26. The molecule has 0 N–H and O–H groups in total. The average Bonchev–Trinajstić information content (AvgIpc) is 2.16. The standard InChI is InChI=1S/C9H8BrF3O2/c1-14-8-4-6(5-10)2-3-7(8)15-9(11,12)13/h2-4H,5H2,1H3. The van der Waals surface area contributed by atoms with Gasteiger partial charge < -0.3 is 9.47 Å². The Labute approximate surface area is 93.1 Å². The van der Waals surface area contributed by atoms with Gasteiger partial charge in [-0.15, -0.1) is 13.2 Å². The molecule has 2 nitrogen and oxygen atoms in total. The van der Waals surface area contributed by atoms with Gasteiger partial charge in [-0.1, -0.05) is 22.0 Å². The first-order chi connectivity index (χ1) is 6.96. The van der Waals surface area contributed by atoms with Crippen molar-refractivity contribution in [1.82, 2.24) is 0 Å². The summed E-state index contributed by atoms with van der Waals surface area (Å²) in [6.07, 6.45) is -4.71. The van der Waals surface area contributed by atoms with Crippen LogP contribution >= 0.6 is 15.9 Å². The van der Waals surface area contributed by atoms with Crippen LogP contribution in [-0.2, 0) is 5.33 Å². The third kappa shape index (κ3) is 3.62. The van der Waals surface area contributed by atoms with E-state index in [0.717, 1.165) is 5.56 Å². The lowest BCUT2D eigenvalue weighted by molar-refractivity contribution is -0.275. The SMILES string of the molecule is COc1cc(CBr)ccc1OC(F)(F)F. The van der Waals surface area contributed by atoms with E-state index < -0.39 is 6.36 Å². The minimum atomic E-state index is -4.71. The van der Waals surface area contributed by atoms with Crippen molar-refractivity contribution in [3.63, 3.8) is 0 Å². The van der Waals surface area contributed by atoms with E-state index >= 15 is 0 Å². The molecule has 0 unspecified atom stereocenters. The van der Waals surface area contributed by atoms with Crippen molar-refractivity contribution >= 4 is 15.9 Å². The summed E-state index contributed by atoms with van der Waals surface area (Å²) in [5.74, 6) is -0.279. The first-order valence-electron chi connectivity index (χ1n) is 3.95. The largest absolute Gasteiger partial charge is 0.573 e. The summed E-state index contributed by atoms with van der Waals surface area (Å²) in [6, 6.07) is 4.23. The molecule has 6 heteroatoms. The Morgan fingerprint density at radius 3 is 2.40 bits per heavy atom. The molecule has 0 aromatic heterocycles. The van der Waals surface area contributed by atoms with Gasteiger partial charge >= 0.3 is 6.36 Å². The molecule has 1 rings (SSSR count). The van der Waals surface area contributed by atoms with Crippen molar-refractivity contribution < 1.29 is 22.6 Å². The molecule has 0 saturated carbocycles. The highest BCUT2D eigenvalue weighted by atomic mass is 79.9. The van der Waals surface area contributed by atoms with Crippen LogP contribution in [0.3, 0.4) is 0 Å². The van der Waals surface area contributed by atoms with Crippen LogP contribution in [0.25, 0.3) is 0 Å². The Kier molecular flexibility index (Phi) is 3.84. The lowest BCUT2D eigenvalue weighted by atomic mass is 10.2. The number of methoxy groups -OCH3 is 1. The van der Waals surface area contributed by atoms with Gasteiger partial charge in [-0.3, -0.25) is 0 Å². The van der Waals surface area contributed by atoms with Crippen LogP contribution in [0, 0.1) is 0 Å². The molecule has 0 aliphatic heterocycles. The van der Waals surface area contributed by atoms with Crippen LogP contribution in [0.5, 0.6) is 11.5 Å². The van der Waals surface area contributed by atoms with Gasteiger partial charge in [-0.05, 0) is 17.7 Å². The molecule has 0 spiro atoms. The highest BCUT2D eigenvalue weighted by Crippen LogP contribution is 2.33. The molecular formula is C9H8BrF3O2. The fourth-order valence-electron chi connectivity index (χ4n) is 1.00. The Bertz CT molecular complexity index is 339. The van der Waals surface area contributed by atoms with Crippen molar-refractivity contribution in [2.75, 3.05) is 7.11 Å². The normalized spacial score (nSPS) is 11.3. The van der Waals surface area contributed by atoms with Crippen molar-refractivity contribution in [2.45, 2.75) is 11.7 Å². The lowest BCUT2D eigenvalue weighted by Gasteiger charge is -2.12. The maximum absolute atomic E-state index is 12.0. The molecule has 15 heavy (non-hydrogen) atoms. The van der Waals surface area contributed by atoms with Gasteiger partial charge in [0.2, 0.25) is 0 Å². The Balaban J connectivity index is 2.97. The van der Waals surface area contributed by atoms with E-state index in [1.807, 2.05) is 0 Å².